The SMILES string of the molecule is Cl.NC1CCCN(C(=O)c2ccc(Cl)cc2[N+](=O)[O-])C1. The summed E-state index contributed by atoms with van der Waals surface area (Å²) in [6.45, 7) is 1.00. The molecular formula is C12H15Cl2N3O3. The topological polar surface area (TPSA) is 89.5 Å². The van der Waals surface area contributed by atoms with Crippen LogP contribution in [0.3, 0.4) is 0 Å². The molecule has 0 aromatic heterocycles. The first-order chi connectivity index (χ1) is 8.99. The average Bonchev–Trinajstić information content (AvgIpc) is 2.37. The van der Waals surface area contributed by atoms with Crippen LogP contribution in [0.15, 0.2) is 18.2 Å². The molecule has 20 heavy (non-hydrogen) atoms. The highest BCUT2D eigenvalue weighted by molar-refractivity contribution is 6.31. The number of amides is 1. The molecule has 1 aromatic carbocycles. The molecule has 1 heterocycles. The van der Waals surface area contributed by atoms with Crippen molar-refractivity contribution in [2.75, 3.05) is 13.1 Å². The van der Waals surface area contributed by atoms with Crippen molar-refractivity contribution in [3.8, 4) is 0 Å². The predicted molar refractivity (Wildman–Crippen MR) is 78.5 cm³/mol. The predicted octanol–water partition coefficient (Wildman–Crippen LogP) is 2.23. The Morgan fingerprint density at radius 2 is 2.20 bits per heavy atom. The van der Waals surface area contributed by atoms with Crippen LogP contribution in [-0.4, -0.2) is 34.9 Å². The minimum absolute atomic E-state index is 0. The molecule has 1 aromatic rings. The van der Waals surface area contributed by atoms with Gasteiger partial charge >= 0.3 is 0 Å². The number of nitro benzene ring substituents is 1. The van der Waals surface area contributed by atoms with E-state index >= 15 is 0 Å². The number of piperidine rings is 1. The number of carbonyl (C=O) groups excluding carboxylic acids is 1. The van der Waals surface area contributed by atoms with Crippen LogP contribution < -0.4 is 5.73 Å². The number of rotatable bonds is 2. The van der Waals surface area contributed by atoms with Gasteiger partial charge in [-0.3, -0.25) is 14.9 Å². The van der Waals surface area contributed by atoms with Gasteiger partial charge in [-0.1, -0.05) is 11.6 Å². The Kier molecular flexibility index (Phi) is 5.74. The fourth-order valence-corrected chi connectivity index (χ4v) is 2.37. The number of carbonyl (C=O) groups is 1. The molecule has 2 rings (SSSR count). The lowest BCUT2D eigenvalue weighted by Gasteiger charge is -2.30. The van der Waals surface area contributed by atoms with Gasteiger partial charge in [0.1, 0.15) is 5.56 Å². The number of nitro groups is 1. The van der Waals surface area contributed by atoms with Gasteiger partial charge in [-0.15, -0.1) is 12.4 Å². The first kappa shape index (κ1) is 16.7. The largest absolute Gasteiger partial charge is 0.337 e. The fraction of sp³-hybridized carbons (Fsp3) is 0.417. The molecule has 0 spiro atoms. The minimum atomic E-state index is -0.594. The summed E-state index contributed by atoms with van der Waals surface area (Å²) < 4.78 is 0. The molecule has 1 fully saturated rings. The molecule has 2 N–H and O–H groups in total. The first-order valence-electron chi connectivity index (χ1n) is 5.98. The maximum Gasteiger partial charge on any atom is 0.283 e. The molecule has 0 aliphatic carbocycles. The lowest BCUT2D eigenvalue weighted by Crippen LogP contribution is -2.45. The molecule has 0 saturated carbocycles. The van der Waals surface area contributed by atoms with Crippen LogP contribution in [0.1, 0.15) is 23.2 Å². The second-order valence-corrected chi connectivity index (χ2v) is 5.01. The van der Waals surface area contributed by atoms with Crippen LogP contribution >= 0.6 is 24.0 Å². The van der Waals surface area contributed by atoms with Crippen molar-refractivity contribution >= 4 is 35.6 Å². The van der Waals surface area contributed by atoms with E-state index in [0.717, 1.165) is 12.8 Å². The van der Waals surface area contributed by atoms with E-state index in [1.165, 1.54) is 18.2 Å². The van der Waals surface area contributed by atoms with Crippen LogP contribution in [0, 0.1) is 10.1 Å². The highest BCUT2D eigenvalue weighted by Crippen LogP contribution is 2.25. The van der Waals surface area contributed by atoms with E-state index in [4.69, 9.17) is 17.3 Å². The summed E-state index contributed by atoms with van der Waals surface area (Å²) in [5.74, 6) is -0.362. The number of halogens is 2. The Balaban J connectivity index is 0.00000200. The smallest absolute Gasteiger partial charge is 0.283 e. The second kappa shape index (κ2) is 6.88. The highest BCUT2D eigenvalue weighted by Gasteiger charge is 2.27. The molecule has 1 aliphatic rings. The van der Waals surface area contributed by atoms with Gasteiger partial charge in [-0.05, 0) is 25.0 Å². The average molecular weight is 320 g/mol. The van der Waals surface area contributed by atoms with Gasteiger partial charge in [-0.25, -0.2) is 0 Å². The quantitative estimate of drug-likeness (QED) is 0.668. The van der Waals surface area contributed by atoms with Crippen LogP contribution in [0.4, 0.5) is 5.69 Å². The third-order valence-electron chi connectivity index (χ3n) is 3.13. The molecule has 1 aliphatic heterocycles. The van der Waals surface area contributed by atoms with Crippen LogP contribution in [-0.2, 0) is 0 Å². The summed E-state index contributed by atoms with van der Waals surface area (Å²) in [7, 11) is 0. The number of hydrogen-bond donors (Lipinski definition) is 1. The Morgan fingerprint density at radius 1 is 1.50 bits per heavy atom. The van der Waals surface area contributed by atoms with E-state index in [1.54, 1.807) is 4.90 Å². The van der Waals surface area contributed by atoms with Crippen LogP contribution in [0.2, 0.25) is 5.02 Å². The Hall–Kier alpha value is -1.37. The zero-order valence-electron chi connectivity index (χ0n) is 10.6. The van der Waals surface area contributed by atoms with E-state index in [2.05, 4.69) is 0 Å². The Bertz CT molecular complexity index is 525. The lowest BCUT2D eigenvalue weighted by atomic mass is 10.0. The van der Waals surface area contributed by atoms with Gasteiger partial charge in [0.2, 0.25) is 0 Å². The summed E-state index contributed by atoms with van der Waals surface area (Å²) in [6, 6.07) is 4.00. The molecule has 1 unspecified atom stereocenters. The van der Waals surface area contributed by atoms with Crippen molar-refractivity contribution in [1.82, 2.24) is 4.90 Å². The monoisotopic (exact) mass is 319 g/mol. The van der Waals surface area contributed by atoms with Crippen molar-refractivity contribution in [3.05, 3.63) is 38.9 Å². The standard InChI is InChI=1S/C12H14ClN3O3.ClH/c13-8-3-4-10(11(6-8)16(18)19)12(17)15-5-1-2-9(14)7-15;/h3-4,6,9H,1-2,5,7,14H2;1H. The van der Waals surface area contributed by atoms with E-state index < -0.39 is 4.92 Å². The van der Waals surface area contributed by atoms with Crippen LogP contribution in [0.5, 0.6) is 0 Å². The van der Waals surface area contributed by atoms with Gasteiger partial charge in [0.15, 0.2) is 0 Å². The fourth-order valence-electron chi connectivity index (χ4n) is 2.20. The molecule has 8 heteroatoms. The summed E-state index contributed by atoms with van der Waals surface area (Å²) in [5.41, 5.74) is 5.61. The summed E-state index contributed by atoms with van der Waals surface area (Å²) >= 11 is 5.73. The van der Waals surface area contributed by atoms with Crippen molar-refractivity contribution < 1.29 is 9.72 Å². The zero-order valence-corrected chi connectivity index (χ0v) is 12.2. The highest BCUT2D eigenvalue weighted by atomic mass is 35.5. The maximum atomic E-state index is 12.3. The zero-order chi connectivity index (χ0) is 14.0. The number of likely N-dealkylation sites (tertiary alicyclic amines) is 1. The van der Waals surface area contributed by atoms with Crippen molar-refractivity contribution in [2.45, 2.75) is 18.9 Å². The van der Waals surface area contributed by atoms with Gasteiger partial charge in [0, 0.05) is 30.2 Å². The van der Waals surface area contributed by atoms with Gasteiger partial charge < -0.3 is 10.6 Å². The van der Waals surface area contributed by atoms with Gasteiger partial charge in [-0.2, -0.15) is 0 Å². The molecule has 1 saturated heterocycles. The van der Waals surface area contributed by atoms with Crippen molar-refractivity contribution in [1.29, 1.82) is 0 Å². The maximum absolute atomic E-state index is 12.3. The normalized spacial score (nSPS) is 18.3. The number of hydrogen-bond acceptors (Lipinski definition) is 4. The third kappa shape index (κ3) is 3.59. The van der Waals surface area contributed by atoms with Crippen molar-refractivity contribution in [2.24, 2.45) is 5.73 Å². The third-order valence-corrected chi connectivity index (χ3v) is 3.37. The van der Waals surface area contributed by atoms with E-state index in [9.17, 15) is 14.9 Å². The summed E-state index contributed by atoms with van der Waals surface area (Å²) in [6.07, 6.45) is 1.68. The molecule has 1 amide bonds. The Labute approximate surface area is 127 Å². The van der Waals surface area contributed by atoms with Crippen molar-refractivity contribution in [3.63, 3.8) is 0 Å². The molecule has 1 atom stereocenters. The lowest BCUT2D eigenvalue weighted by molar-refractivity contribution is -0.385. The summed E-state index contributed by atoms with van der Waals surface area (Å²) in [5, 5.41) is 11.2. The van der Waals surface area contributed by atoms with E-state index in [0.29, 0.717) is 13.1 Å². The molecule has 110 valence electrons. The molecule has 0 bridgehead atoms. The van der Waals surface area contributed by atoms with E-state index in [1.807, 2.05) is 0 Å². The molecule has 0 radical (unpaired) electrons. The number of benzene rings is 1. The number of nitrogens with two attached hydrogens (primary N) is 1. The second-order valence-electron chi connectivity index (χ2n) is 4.57. The molecule has 6 nitrogen and oxygen atoms in total. The summed E-state index contributed by atoms with van der Waals surface area (Å²) in [4.78, 5) is 24.2. The van der Waals surface area contributed by atoms with Gasteiger partial charge in [0.25, 0.3) is 11.6 Å². The number of nitrogens with zero attached hydrogens (tertiary/aromatic N) is 2. The Morgan fingerprint density at radius 3 is 2.80 bits per heavy atom. The van der Waals surface area contributed by atoms with Crippen LogP contribution in [0.25, 0.3) is 0 Å². The minimum Gasteiger partial charge on any atom is -0.337 e. The first-order valence-corrected chi connectivity index (χ1v) is 6.35. The molecular weight excluding hydrogens is 305 g/mol. The van der Waals surface area contributed by atoms with E-state index in [-0.39, 0.29) is 40.6 Å². The van der Waals surface area contributed by atoms with Gasteiger partial charge in [0.05, 0.1) is 4.92 Å².